The minimum atomic E-state index is 0.690. The van der Waals surface area contributed by atoms with Crippen molar-refractivity contribution in [3.05, 3.63) is 41.7 Å². The lowest BCUT2D eigenvalue weighted by atomic mass is 9.85. The van der Waals surface area contributed by atoms with E-state index in [1.165, 1.54) is 54.1 Å². The number of aromatic nitrogens is 1. The minimum Gasteiger partial charge on any atom is -0.260 e. The van der Waals surface area contributed by atoms with Gasteiger partial charge in [-0.15, -0.1) is 0 Å². The highest BCUT2D eigenvalue weighted by Gasteiger charge is 2.18. The Kier molecular flexibility index (Phi) is 2.84. The van der Waals surface area contributed by atoms with E-state index in [2.05, 4.69) is 36.2 Å². The highest BCUT2D eigenvalue weighted by molar-refractivity contribution is 5.85. The van der Waals surface area contributed by atoms with E-state index in [-0.39, 0.29) is 0 Å². The summed E-state index contributed by atoms with van der Waals surface area (Å²) in [5.41, 5.74) is 2.67. The van der Waals surface area contributed by atoms with Crippen LogP contribution in [0.1, 0.15) is 49.3 Å². The molecule has 1 aliphatic carbocycles. The van der Waals surface area contributed by atoms with Crippen molar-refractivity contribution in [2.24, 2.45) is 0 Å². The fourth-order valence-electron chi connectivity index (χ4n) is 3.02. The number of rotatable bonds is 1. The molecule has 0 N–H and O–H groups in total. The lowest BCUT2D eigenvalue weighted by Gasteiger charge is -2.22. The number of fused-ring (bicyclic) bond motifs is 1. The van der Waals surface area contributed by atoms with Crippen molar-refractivity contribution in [1.82, 2.24) is 4.98 Å². The fourth-order valence-corrected chi connectivity index (χ4v) is 3.02. The summed E-state index contributed by atoms with van der Waals surface area (Å²) in [6.07, 6.45) is 8.76. The summed E-state index contributed by atoms with van der Waals surface area (Å²) < 4.78 is 0. The van der Waals surface area contributed by atoms with Gasteiger partial charge in [-0.1, -0.05) is 43.0 Å². The number of nitrogens with zero attached hydrogens (tertiary/aromatic N) is 1. The summed E-state index contributed by atoms with van der Waals surface area (Å²) in [6.45, 7) is 2.15. The van der Waals surface area contributed by atoms with Gasteiger partial charge in [0.05, 0.1) is 5.69 Å². The van der Waals surface area contributed by atoms with Gasteiger partial charge in [0.1, 0.15) is 0 Å². The van der Waals surface area contributed by atoms with Crippen LogP contribution in [0.3, 0.4) is 0 Å². The molecule has 1 heteroatoms. The smallest absolute Gasteiger partial charge is 0.0512 e. The van der Waals surface area contributed by atoms with Crippen LogP contribution in [0.25, 0.3) is 10.8 Å². The highest BCUT2D eigenvalue weighted by atomic mass is 14.7. The molecule has 1 nitrogen and oxygen atoms in total. The van der Waals surface area contributed by atoms with E-state index in [0.717, 1.165) is 0 Å². The molecule has 3 rings (SSSR count). The SMILES string of the molecule is Cc1ccc2c(C3CCCCC3)nccc2c1. The van der Waals surface area contributed by atoms with E-state index in [1.54, 1.807) is 0 Å². The Morgan fingerprint density at radius 2 is 1.88 bits per heavy atom. The molecule has 0 radical (unpaired) electrons. The molecule has 1 saturated carbocycles. The molecule has 0 amide bonds. The number of hydrogen-bond donors (Lipinski definition) is 0. The van der Waals surface area contributed by atoms with Gasteiger partial charge < -0.3 is 0 Å². The van der Waals surface area contributed by atoms with Gasteiger partial charge in [0.2, 0.25) is 0 Å². The molecular formula is C16H19N. The Bertz CT molecular complexity index is 524. The van der Waals surface area contributed by atoms with Crippen LogP contribution in [0.15, 0.2) is 30.5 Å². The van der Waals surface area contributed by atoms with Crippen LogP contribution in [0.2, 0.25) is 0 Å². The maximum Gasteiger partial charge on any atom is 0.0512 e. The summed E-state index contributed by atoms with van der Waals surface area (Å²) in [4.78, 5) is 4.66. The summed E-state index contributed by atoms with van der Waals surface area (Å²) >= 11 is 0. The standard InChI is InChI=1S/C16H19N/c1-12-7-8-15-14(11-12)9-10-17-16(15)13-5-3-2-4-6-13/h7-11,13H,2-6H2,1H3. The van der Waals surface area contributed by atoms with Gasteiger partial charge in [-0.25, -0.2) is 0 Å². The molecule has 0 bridgehead atoms. The Morgan fingerprint density at radius 1 is 1.06 bits per heavy atom. The molecule has 1 aliphatic rings. The van der Waals surface area contributed by atoms with Crippen LogP contribution < -0.4 is 0 Å². The Balaban J connectivity index is 2.09. The molecule has 1 fully saturated rings. The average Bonchev–Trinajstić information content (AvgIpc) is 2.39. The van der Waals surface area contributed by atoms with Gasteiger partial charge in [-0.3, -0.25) is 4.98 Å². The topological polar surface area (TPSA) is 12.9 Å². The number of benzene rings is 1. The van der Waals surface area contributed by atoms with Crippen molar-refractivity contribution in [2.75, 3.05) is 0 Å². The van der Waals surface area contributed by atoms with Gasteiger partial charge >= 0.3 is 0 Å². The molecule has 88 valence electrons. The zero-order valence-corrected chi connectivity index (χ0v) is 10.4. The van der Waals surface area contributed by atoms with Crippen LogP contribution in [0, 0.1) is 6.92 Å². The molecule has 2 aromatic rings. The zero-order chi connectivity index (χ0) is 11.7. The zero-order valence-electron chi connectivity index (χ0n) is 10.4. The van der Waals surface area contributed by atoms with Crippen LogP contribution in [0.4, 0.5) is 0 Å². The average molecular weight is 225 g/mol. The van der Waals surface area contributed by atoms with Crippen molar-refractivity contribution in [3.8, 4) is 0 Å². The van der Waals surface area contributed by atoms with Gasteiger partial charge in [0.25, 0.3) is 0 Å². The predicted octanol–water partition coefficient (Wildman–Crippen LogP) is 4.59. The first-order valence-electron chi connectivity index (χ1n) is 6.70. The monoisotopic (exact) mass is 225 g/mol. The van der Waals surface area contributed by atoms with E-state index in [0.29, 0.717) is 5.92 Å². The second kappa shape index (κ2) is 4.48. The maximum atomic E-state index is 4.66. The lowest BCUT2D eigenvalue weighted by molar-refractivity contribution is 0.439. The van der Waals surface area contributed by atoms with E-state index in [9.17, 15) is 0 Å². The molecule has 0 saturated heterocycles. The van der Waals surface area contributed by atoms with E-state index >= 15 is 0 Å². The number of aryl methyl sites for hydroxylation is 1. The molecule has 0 unspecified atom stereocenters. The quantitative estimate of drug-likeness (QED) is 0.691. The third-order valence-corrected chi connectivity index (χ3v) is 3.94. The van der Waals surface area contributed by atoms with E-state index < -0.39 is 0 Å². The molecule has 1 heterocycles. The number of hydrogen-bond acceptors (Lipinski definition) is 1. The highest BCUT2D eigenvalue weighted by Crippen LogP contribution is 2.35. The van der Waals surface area contributed by atoms with Crippen LogP contribution in [0.5, 0.6) is 0 Å². The van der Waals surface area contributed by atoms with Crippen LogP contribution in [-0.4, -0.2) is 4.98 Å². The van der Waals surface area contributed by atoms with Crippen molar-refractivity contribution in [2.45, 2.75) is 44.9 Å². The number of pyridine rings is 1. The van der Waals surface area contributed by atoms with Crippen molar-refractivity contribution < 1.29 is 0 Å². The van der Waals surface area contributed by atoms with Crippen LogP contribution in [-0.2, 0) is 0 Å². The first kappa shape index (κ1) is 10.8. The molecular weight excluding hydrogens is 206 g/mol. The van der Waals surface area contributed by atoms with Crippen molar-refractivity contribution in [3.63, 3.8) is 0 Å². The normalized spacial score (nSPS) is 17.5. The summed E-state index contributed by atoms with van der Waals surface area (Å²) in [7, 11) is 0. The second-order valence-corrected chi connectivity index (χ2v) is 5.26. The third-order valence-electron chi connectivity index (χ3n) is 3.94. The Hall–Kier alpha value is -1.37. The second-order valence-electron chi connectivity index (χ2n) is 5.26. The molecule has 1 aromatic heterocycles. The Labute approximate surface area is 103 Å². The first-order valence-corrected chi connectivity index (χ1v) is 6.70. The Morgan fingerprint density at radius 3 is 2.71 bits per heavy atom. The molecule has 0 aliphatic heterocycles. The van der Waals surface area contributed by atoms with Gasteiger partial charge in [0, 0.05) is 17.5 Å². The fraction of sp³-hybridized carbons (Fsp3) is 0.438. The third kappa shape index (κ3) is 2.06. The largest absolute Gasteiger partial charge is 0.260 e. The molecule has 0 atom stereocenters. The van der Waals surface area contributed by atoms with Gasteiger partial charge in [-0.05, 0) is 31.2 Å². The van der Waals surface area contributed by atoms with E-state index in [1.807, 2.05) is 6.20 Å². The summed E-state index contributed by atoms with van der Waals surface area (Å²) in [5, 5.41) is 2.71. The van der Waals surface area contributed by atoms with Crippen LogP contribution >= 0.6 is 0 Å². The summed E-state index contributed by atoms with van der Waals surface area (Å²) in [5.74, 6) is 0.690. The molecule has 1 aromatic carbocycles. The van der Waals surface area contributed by atoms with Crippen molar-refractivity contribution in [1.29, 1.82) is 0 Å². The predicted molar refractivity (Wildman–Crippen MR) is 72.3 cm³/mol. The van der Waals surface area contributed by atoms with Crippen molar-refractivity contribution >= 4 is 10.8 Å². The van der Waals surface area contributed by atoms with Gasteiger partial charge in [-0.2, -0.15) is 0 Å². The first-order chi connectivity index (χ1) is 8.34. The van der Waals surface area contributed by atoms with Gasteiger partial charge in [0.15, 0.2) is 0 Å². The summed E-state index contributed by atoms with van der Waals surface area (Å²) in [6, 6.07) is 8.86. The van der Waals surface area contributed by atoms with E-state index in [4.69, 9.17) is 0 Å². The minimum absolute atomic E-state index is 0.690. The maximum absolute atomic E-state index is 4.66. The molecule has 17 heavy (non-hydrogen) atoms. The molecule has 0 spiro atoms. The lowest BCUT2D eigenvalue weighted by Crippen LogP contribution is -2.06.